The van der Waals surface area contributed by atoms with Gasteiger partial charge in [-0.3, -0.25) is 14.5 Å². The Morgan fingerprint density at radius 2 is 2.08 bits per heavy atom. The van der Waals surface area contributed by atoms with Crippen molar-refractivity contribution in [2.24, 2.45) is 17.6 Å². The molecule has 3 heterocycles. The molecule has 0 saturated carbocycles. The third-order valence-electron chi connectivity index (χ3n) is 6.06. The average molecular weight is 375 g/mol. The number of carbonyl (C=O) groups is 1. The van der Waals surface area contributed by atoms with Crippen LogP contribution in [0.15, 0.2) is 4.79 Å². The van der Waals surface area contributed by atoms with Crippen LogP contribution >= 0.6 is 11.3 Å². The first-order valence-electron chi connectivity index (χ1n) is 9.52. The van der Waals surface area contributed by atoms with Crippen molar-refractivity contribution in [1.82, 2.24) is 14.9 Å². The molecule has 3 N–H and O–H groups in total. The third kappa shape index (κ3) is 3.07. The topological polar surface area (TPSA) is 92.1 Å². The van der Waals surface area contributed by atoms with Gasteiger partial charge >= 0.3 is 0 Å². The van der Waals surface area contributed by atoms with E-state index in [4.69, 9.17) is 10.7 Å². The van der Waals surface area contributed by atoms with Crippen molar-refractivity contribution < 1.29 is 4.79 Å². The molecule has 0 unspecified atom stereocenters. The number of carbonyl (C=O) groups excluding carboxylic acids is 1. The number of likely N-dealkylation sites (tertiary alicyclic amines) is 1. The summed E-state index contributed by atoms with van der Waals surface area (Å²) in [4.78, 5) is 36.5. The second-order valence-electron chi connectivity index (χ2n) is 7.87. The zero-order valence-corrected chi connectivity index (χ0v) is 16.2. The zero-order chi connectivity index (χ0) is 18.4. The zero-order valence-electron chi connectivity index (χ0n) is 15.4. The minimum atomic E-state index is -0.205. The first kappa shape index (κ1) is 17.7. The number of nitrogens with zero attached hydrogens (tertiary/aromatic N) is 2. The Kier molecular flexibility index (Phi) is 4.61. The van der Waals surface area contributed by atoms with Crippen LogP contribution in [0.1, 0.15) is 55.4 Å². The number of hydrogen-bond acceptors (Lipinski definition) is 5. The van der Waals surface area contributed by atoms with Gasteiger partial charge in [0.25, 0.3) is 5.56 Å². The van der Waals surface area contributed by atoms with Gasteiger partial charge in [0, 0.05) is 10.8 Å². The van der Waals surface area contributed by atoms with Crippen LogP contribution in [-0.4, -0.2) is 33.9 Å². The number of nitrogens with two attached hydrogens (primary N) is 1. The minimum Gasteiger partial charge on any atom is -0.369 e. The summed E-state index contributed by atoms with van der Waals surface area (Å²) in [6, 6.07) is 0.0268. The summed E-state index contributed by atoms with van der Waals surface area (Å²) < 4.78 is 0. The van der Waals surface area contributed by atoms with Crippen LogP contribution in [0.25, 0.3) is 10.2 Å². The van der Waals surface area contributed by atoms with Crippen LogP contribution in [-0.2, 0) is 17.6 Å². The highest BCUT2D eigenvalue weighted by Gasteiger charge is 2.28. The van der Waals surface area contributed by atoms with E-state index in [-0.39, 0.29) is 23.4 Å². The molecule has 0 bridgehead atoms. The lowest BCUT2D eigenvalue weighted by Crippen LogP contribution is -2.40. The third-order valence-corrected chi connectivity index (χ3v) is 7.21. The Balaban J connectivity index is 1.61. The number of aromatic amines is 1. The fourth-order valence-electron chi connectivity index (χ4n) is 4.31. The molecule has 2 atom stereocenters. The lowest BCUT2D eigenvalue weighted by molar-refractivity contribution is -0.123. The summed E-state index contributed by atoms with van der Waals surface area (Å²) >= 11 is 1.69. The summed E-state index contributed by atoms with van der Waals surface area (Å²) in [5, 5.41) is 0.806. The number of aryl methyl sites for hydroxylation is 1. The summed E-state index contributed by atoms with van der Waals surface area (Å²) in [6.07, 6.45) is 4.73. The first-order valence-corrected chi connectivity index (χ1v) is 10.3. The average Bonchev–Trinajstić information content (AvgIpc) is 2.98. The first-order chi connectivity index (χ1) is 12.4. The van der Waals surface area contributed by atoms with Crippen molar-refractivity contribution in [1.29, 1.82) is 0 Å². The van der Waals surface area contributed by atoms with E-state index in [9.17, 15) is 9.59 Å². The van der Waals surface area contributed by atoms with Crippen molar-refractivity contribution >= 4 is 27.5 Å². The summed E-state index contributed by atoms with van der Waals surface area (Å²) in [5.41, 5.74) is 6.64. The van der Waals surface area contributed by atoms with Crippen molar-refractivity contribution in [2.45, 2.75) is 52.0 Å². The number of hydrogen-bond donors (Lipinski definition) is 2. The fraction of sp³-hybridized carbons (Fsp3) is 0.632. The fourth-order valence-corrected chi connectivity index (χ4v) is 5.70. The van der Waals surface area contributed by atoms with Gasteiger partial charge in [-0.2, -0.15) is 0 Å². The van der Waals surface area contributed by atoms with Crippen LogP contribution in [0.4, 0.5) is 0 Å². The predicted molar refractivity (Wildman–Crippen MR) is 103 cm³/mol. The maximum atomic E-state index is 12.8. The molecular weight excluding hydrogens is 348 g/mol. The van der Waals surface area contributed by atoms with Crippen molar-refractivity contribution in [3.05, 3.63) is 26.6 Å². The smallest absolute Gasteiger partial charge is 0.259 e. The van der Waals surface area contributed by atoms with Gasteiger partial charge in [-0.05, 0) is 63.6 Å². The number of rotatable bonds is 3. The summed E-state index contributed by atoms with van der Waals surface area (Å²) in [5.74, 6) is 1.17. The van der Waals surface area contributed by atoms with Gasteiger partial charge in [0.2, 0.25) is 5.91 Å². The van der Waals surface area contributed by atoms with E-state index in [0.717, 1.165) is 61.2 Å². The number of amides is 1. The molecule has 4 rings (SSSR count). The molecule has 2 aromatic rings. The van der Waals surface area contributed by atoms with Gasteiger partial charge in [0.15, 0.2) is 0 Å². The molecular formula is C19H26N4O2S. The van der Waals surface area contributed by atoms with E-state index in [1.54, 1.807) is 11.3 Å². The highest BCUT2D eigenvalue weighted by molar-refractivity contribution is 7.18. The van der Waals surface area contributed by atoms with Crippen molar-refractivity contribution in [3.8, 4) is 0 Å². The van der Waals surface area contributed by atoms with E-state index >= 15 is 0 Å². The number of nitrogens with one attached hydrogen (secondary N) is 1. The number of thiophene rings is 1. The van der Waals surface area contributed by atoms with Crippen LogP contribution in [0.5, 0.6) is 0 Å². The molecule has 1 fully saturated rings. The SMILES string of the molecule is C[C@H]1CCc2c(sc3nc([C@H](C)N4CCC(C(N)=O)CC4)[nH]c(=O)c23)C1. The lowest BCUT2D eigenvalue weighted by atomic mass is 9.89. The molecule has 1 aliphatic carbocycles. The highest BCUT2D eigenvalue weighted by Crippen LogP contribution is 2.36. The molecule has 1 saturated heterocycles. The molecule has 7 heteroatoms. The highest BCUT2D eigenvalue weighted by atomic mass is 32.1. The minimum absolute atomic E-state index is 0.00377. The predicted octanol–water partition coefficient (Wildman–Crippen LogP) is 2.37. The van der Waals surface area contributed by atoms with E-state index in [2.05, 4.69) is 23.7 Å². The monoisotopic (exact) mass is 374 g/mol. The quantitative estimate of drug-likeness (QED) is 0.863. The molecule has 0 spiro atoms. The van der Waals surface area contributed by atoms with E-state index in [0.29, 0.717) is 5.92 Å². The Labute approximate surface area is 156 Å². The maximum absolute atomic E-state index is 12.8. The van der Waals surface area contributed by atoms with Crippen molar-refractivity contribution in [2.75, 3.05) is 13.1 Å². The molecule has 6 nitrogen and oxygen atoms in total. The van der Waals surface area contributed by atoms with E-state index < -0.39 is 0 Å². The van der Waals surface area contributed by atoms with E-state index in [1.807, 2.05) is 0 Å². The second-order valence-corrected chi connectivity index (χ2v) is 8.96. The second kappa shape index (κ2) is 6.78. The summed E-state index contributed by atoms with van der Waals surface area (Å²) in [6.45, 7) is 5.95. The number of piperidine rings is 1. The van der Waals surface area contributed by atoms with Gasteiger partial charge in [0.1, 0.15) is 10.7 Å². The molecule has 26 heavy (non-hydrogen) atoms. The number of fused-ring (bicyclic) bond motifs is 3. The Morgan fingerprint density at radius 3 is 2.77 bits per heavy atom. The number of H-pyrrole nitrogens is 1. The molecule has 0 radical (unpaired) electrons. The van der Waals surface area contributed by atoms with Crippen molar-refractivity contribution in [3.63, 3.8) is 0 Å². The maximum Gasteiger partial charge on any atom is 0.259 e. The molecule has 2 aliphatic rings. The Morgan fingerprint density at radius 1 is 1.35 bits per heavy atom. The standard InChI is InChI=1S/C19H26N4O2S/c1-10-3-4-13-14(9-10)26-19-15(13)18(25)21-17(22-19)11(2)23-7-5-12(6-8-23)16(20)24/h10-12H,3-9H2,1-2H3,(H2,20,24)(H,21,22,25)/t10-,11-/m0/s1. The number of aromatic nitrogens is 2. The van der Waals surface area contributed by atoms with Gasteiger partial charge in [0.05, 0.1) is 11.4 Å². The largest absolute Gasteiger partial charge is 0.369 e. The summed E-state index contributed by atoms with van der Waals surface area (Å²) in [7, 11) is 0. The Hall–Kier alpha value is -1.73. The van der Waals surface area contributed by atoms with E-state index in [1.165, 1.54) is 10.4 Å². The molecule has 1 amide bonds. The lowest BCUT2D eigenvalue weighted by Gasteiger charge is -2.34. The van der Waals surface area contributed by atoms with Crippen LogP contribution in [0.2, 0.25) is 0 Å². The van der Waals surface area contributed by atoms with Gasteiger partial charge in [-0.25, -0.2) is 4.98 Å². The normalized spacial score (nSPS) is 23.1. The molecule has 1 aliphatic heterocycles. The van der Waals surface area contributed by atoms with Gasteiger partial charge < -0.3 is 10.7 Å². The van der Waals surface area contributed by atoms with Crippen LogP contribution in [0, 0.1) is 11.8 Å². The molecule has 140 valence electrons. The van der Waals surface area contributed by atoms with Gasteiger partial charge in [-0.1, -0.05) is 6.92 Å². The molecule has 2 aromatic heterocycles. The van der Waals surface area contributed by atoms with Crippen LogP contribution < -0.4 is 11.3 Å². The van der Waals surface area contributed by atoms with Crippen LogP contribution in [0.3, 0.4) is 0 Å². The Bertz CT molecular complexity index is 895. The van der Waals surface area contributed by atoms with Gasteiger partial charge in [-0.15, -0.1) is 11.3 Å². The number of primary amides is 1. The molecule has 0 aromatic carbocycles.